The average molecular weight is 296 g/mol. The fourth-order valence-corrected chi connectivity index (χ4v) is 5.20. The van der Waals surface area contributed by atoms with Crippen molar-refractivity contribution in [3.63, 3.8) is 0 Å². The highest BCUT2D eigenvalue weighted by atomic mass is 16.1. The Morgan fingerprint density at radius 1 is 0.773 bits per heavy atom. The lowest BCUT2D eigenvalue weighted by Crippen LogP contribution is -2.52. The zero-order chi connectivity index (χ0) is 15.9. The number of rotatable bonds is 2. The van der Waals surface area contributed by atoms with Crippen molar-refractivity contribution in [2.24, 2.45) is 34.5 Å². The van der Waals surface area contributed by atoms with Crippen molar-refractivity contribution in [1.82, 2.24) is 0 Å². The first-order chi connectivity index (χ1) is 10.2. The second-order valence-corrected chi connectivity index (χ2v) is 8.75. The molecule has 6 aliphatic carbocycles. The van der Waals surface area contributed by atoms with Gasteiger partial charge < -0.3 is 0 Å². The minimum Gasteiger partial charge on any atom is -0.295 e. The minimum atomic E-state index is 0.100. The van der Waals surface area contributed by atoms with Crippen molar-refractivity contribution in [3.8, 4) is 0 Å². The molecule has 2 nitrogen and oxygen atoms in total. The van der Waals surface area contributed by atoms with Crippen LogP contribution in [0.15, 0.2) is 35.5 Å². The summed E-state index contributed by atoms with van der Waals surface area (Å²) >= 11 is 0. The van der Waals surface area contributed by atoms with Gasteiger partial charge in [-0.25, -0.2) is 0 Å². The highest BCUT2D eigenvalue weighted by Crippen LogP contribution is 2.59. The van der Waals surface area contributed by atoms with Crippen LogP contribution in [-0.2, 0) is 9.59 Å². The fourth-order valence-electron chi connectivity index (χ4n) is 5.20. The van der Waals surface area contributed by atoms with E-state index in [0.717, 1.165) is 24.0 Å². The minimum absolute atomic E-state index is 0.100. The molecule has 2 saturated carbocycles. The van der Waals surface area contributed by atoms with Gasteiger partial charge in [0.25, 0.3) is 0 Å². The molecule has 0 saturated heterocycles. The molecule has 4 atom stereocenters. The molecule has 6 rings (SSSR count). The molecule has 0 N–H and O–H groups in total. The Balaban J connectivity index is 1.61. The summed E-state index contributed by atoms with van der Waals surface area (Å²) in [4.78, 5) is 24.3. The van der Waals surface area contributed by atoms with E-state index >= 15 is 0 Å². The maximum absolute atomic E-state index is 12.2. The summed E-state index contributed by atoms with van der Waals surface area (Å²) in [5, 5.41) is 0. The van der Waals surface area contributed by atoms with Crippen molar-refractivity contribution < 1.29 is 9.59 Å². The molecule has 0 aromatic carbocycles. The van der Waals surface area contributed by atoms with E-state index in [4.69, 9.17) is 0 Å². The lowest BCUT2D eigenvalue weighted by Gasteiger charge is -2.55. The molecule has 0 unspecified atom stereocenters. The first kappa shape index (κ1) is 14.2. The number of carbonyl (C=O) groups excluding carboxylic acids is 2. The van der Waals surface area contributed by atoms with Gasteiger partial charge in [-0.05, 0) is 58.8 Å². The van der Waals surface area contributed by atoms with Crippen LogP contribution in [-0.4, -0.2) is 11.6 Å². The molecule has 0 aliphatic heterocycles. The monoisotopic (exact) mass is 296 g/mol. The Kier molecular flexibility index (Phi) is 2.64. The van der Waals surface area contributed by atoms with E-state index in [9.17, 15) is 9.59 Å². The largest absolute Gasteiger partial charge is 0.295 e. The van der Waals surface area contributed by atoms with Gasteiger partial charge in [0.15, 0.2) is 11.6 Å². The van der Waals surface area contributed by atoms with E-state index in [-0.39, 0.29) is 34.2 Å². The number of hydrogen-bond donors (Lipinski definition) is 0. The Labute approximate surface area is 132 Å². The molecule has 0 aromatic heterocycles. The summed E-state index contributed by atoms with van der Waals surface area (Å²) < 4.78 is 0. The molecule has 6 aliphatic rings. The predicted octanol–water partition coefficient (Wildman–Crippen LogP) is 3.89. The maximum atomic E-state index is 12.2. The first-order valence-corrected chi connectivity index (χ1v) is 8.42. The van der Waals surface area contributed by atoms with Crippen LogP contribution in [0, 0.1) is 34.5 Å². The molecule has 0 spiro atoms. The maximum Gasteiger partial charge on any atom is 0.159 e. The molecular weight excluding hydrogens is 272 g/mol. The van der Waals surface area contributed by atoms with Crippen LogP contribution in [0.4, 0.5) is 0 Å². The summed E-state index contributed by atoms with van der Waals surface area (Å²) in [6.07, 6.45) is 9.87. The van der Waals surface area contributed by atoms with Crippen LogP contribution in [0.3, 0.4) is 0 Å². The zero-order valence-electron chi connectivity index (χ0n) is 13.8. The van der Waals surface area contributed by atoms with Crippen LogP contribution >= 0.6 is 0 Å². The third-order valence-electron chi connectivity index (χ3n) is 7.11. The van der Waals surface area contributed by atoms with Gasteiger partial charge in [0.1, 0.15) is 0 Å². The molecule has 0 radical (unpaired) electrons. The SMILES string of the molecule is CC1(C)[C@@H]2C[C@H]1C(=O)C=C2/C=C/C1=CC(=O)[C@@H]2C[C@H]1C2(C)C. The van der Waals surface area contributed by atoms with E-state index in [0.29, 0.717) is 11.8 Å². The van der Waals surface area contributed by atoms with Crippen LogP contribution in [0.1, 0.15) is 40.5 Å². The normalized spacial score (nSPS) is 40.7. The van der Waals surface area contributed by atoms with Gasteiger partial charge in [-0.2, -0.15) is 0 Å². The molecule has 0 amide bonds. The lowest BCUT2D eigenvalue weighted by atomic mass is 9.47. The van der Waals surface area contributed by atoms with Gasteiger partial charge in [0, 0.05) is 11.8 Å². The Hall–Kier alpha value is -1.44. The van der Waals surface area contributed by atoms with E-state index in [2.05, 4.69) is 39.8 Å². The van der Waals surface area contributed by atoms with Crippen LogP contribution in [0.2, 0.25) is 0 Å². The second-order valence-electron chi connectivity index (χ2n) is 8.75. The summed E-state index contributed by atoms with van der Waals surface area (Å²) in [5.41, 5.74) is 2.52. The summed E-state index contributed by atoms with van der Waals surface area (Å²) in [5.74, 6) is 1.99. The summed E-state index contributed by atoms with van der Waals surface area (Å²) in [7, 11) is 0. The van der Waals surface area contributed by atoms with Gasteiger partial charge in [-0.1, -0.05) is 39.8 Å². The molecule has 0 aromatic rings. The quantitative estimate of drug-likeness (QED) is 0.775. The van der Waals surface area contributed by atoms with Crippen LogP contribution in [0.5, 0.6) is 0 Å². The molecule has 22 heavy (non-hydrogen) atoms. The lowest BCUT2D eigenvalue weighted by molar-refractivity contribution is -0.134. The standard InChI is InChI=1S/C20H24O2/c1-19(2)13-9-15(19)17(21)7-11(13)5-6-12-8-18(22)16-10-14(12)20(16,3)4/h5-8,13-16H,9-10H2,1-4H3/b6-5+/t13-,14-,15+,16+/m1/s1. The van der Waals surface area contributed by atoms with Gasteiger partial charge in [0.2, 0.25) is 0 Å². The molecule has 4 bridgehead atoms. The Morgan fingerprint density at radius 2 is 1.14 bits per heavy atom. The number of ketones is 2. The van der Waals surface area contributed by atoms with Gasteiger partial charge in [-0.15, -0.1) is 0 Å². The number of carbonyl (C=O) groups is 2. The number of fused-ring (bicyclic) bond motifs is 2. The van der Waals surface area contributed by atoms with Gasteiger partial charge in [0.05, 0.1) is 0 Å². The molecule has 0 heterocycles. The molecular formula is C20H24O2. The zero-order valence-corrected chi connectivity index (χ0v) is 13.8. The topological polar surface area (TPSA) is 34.1 Å². The van der Waals surface area contributed by atoms with Crippen molar-refractivity contribution in [3.05, 3.63) is 35.5 Å². The first-order valence-electron chi connectivity index (χ1n) is 8.42. The molecule has 116 valence electrons. The van der Waals surface area contributed by atoms with Gasteiger partial charge >= 0.3 is 0 Å². The van der Waals surface area contributed by atoms with Crippen molar-refractivity contribution in [2.45, 2.75) is 40.5 Å². The second kappa shape index (κ2) is 4.10. The van der Waals surface area contributed by atoms with Gasteiger partial charge in [-0.3, -0.25) is 9.59 Å². The average Bonchev–Trinajstić information content (AvgIpc) is 2.42. The predicted molar refractivity (Wildman–Crippen MR) is 86.1 cm³/mol. The summed E-state index contributed by atoms with van der Waals surface area (Å²) in [6, 6.07) is 0. The van der Waals surface area contributed by atoms with E-state index in [1.165, 1.54) is 0 Å². The van der Waals surface area contributed by atoms with Crippen LogP contribution in [0.25, 0.3) is 0 Å². The van der Waals surface area contributed by atoms with E-state index in [1.54, 1.807) is 0 Å². The Bertz CT molecular complexity index is 614. The summed E-state index contributed by atoms with van der Waals surface area (Å²) in [6.45, 7) is 8.81. The van der Waals surface area contributed by atoms with Crippen LogP contribution < -0.4 is 0 Å². The van der Waals surface area contributed by atoms with E-state index in [1.807, 2.05) is 12.2 Å². The van der Waals surface area contributed by atoms with Crippen molar-refractivity contribution in [1.29, 1.82) is 0 Å². The Morgan fingerprint density at radius 3 is 1.41 bits per heavy atom. The molecule has 2 heteroatoms. The third-order valence-corrected chi connectivity index (χ3v) is 7.11. The number of allylic oxidation sites excluding steroid dienone is 6. The van der Waals surface area contributed by atoms with E-state index < -0.39 is 0 Å². The van der Waals surface area contributed by atoms with Crippen molar-refractivity contribution in [2.75, 3.05) is 0 Å². The third kappa shape index (κ3) is 1.61. The molecule has 2 fully saturated rings. The highest BCUT2D eigenvalue weighted by molar-refractivity contribution is 5.97. The van der Waals surface area contributed by atoms with Crippen molar-refractivity contribution >= 4 is 11.6 Å². The fraction of sp³-hybridized carbons (Fsp3) is 0.600. The highest BCUT2D eigenvalue weighted by Gasteiger charge is 2.56. The number of hydrogen-bond acceptors (Lipinski definition) is 2. The smallest absolute Gasteiger partial charge is 0.159 e.